The summed E-state index contributed by atoms with van der Waals surface area (Å²) in [5, 5.41) is 32.1. The zero-order valence-electron chi connectivity index (χ0n) is 13.5. The molecule has 0 rings (SSSR count). The van der Waals surface area contributed by atoms with Gasteiger partial charge in [0.1, 0.15) is 0 Å². The molecule has 0 radical (unpaired) electrons. The molecule has 0 saturated heterocycles. The molecule has 8 heteroatoms. The average molecular weight is 312 g/mol. The number of rotatable bonds is 3. The van der Waals surface area contributed by atoms with Crippen molar-refractivity contribution < 1.29 is 39.5 Å². The Balaban J connectivity index is -0.000000102. The quantitative estimate of drug-likeness (QED) is 0.416. The number of hydrogen-bond acceptors (Lipinski definition) is 7. The number of aliphatic hydroxyl groups excluding tert-OH is 3. The standard InChI is InChI=1S/C6H10O3.C3H8O2.C2H4O2.C2H6O/c1-4(5(2)7)6(8)9-3;1-3(5)2-4;1-2(3)4;1-3-2/h5,7H,1H2,2-3H3;3-5H,2H2,1H3;1H3,(H,3,4);1-2H3. The molecule has 0 aromatic heterocycles. The van der Waals surface area contributed by atoms with Crippen LogP contribution in [0.15, 0.2) is 12.2 Å². The van der Waals surface area contributed by atoms with Crippen molar-refractivity contribution in [2.24, 2.45) is 0 Å². The van der Waals surface area contributed by atoms with E-state index in [2.05, 4.69) is 16.1 Å². The molecule has 2 atom stereocenters. The van der Waals surface area contributed by atoms with Crippen LogP contribution in [0.1, 0.15) is 20.8 Å². The molecule has 0 heterocycles. The van der Waals surface area contributed by atoms with E-state index >= 15 is 0 Å². The maximum absolute atomic E-state index is 10.5. The first kappa shape index (κ1) is 27.8. The Kier molecular flexibility index (Phi) is 27.6. The van der Waals surface area contributed by atoms with Crippen molar-refractivity contribution in [3.05, 3.63) is 12.2 Å². The number of aliphatic hydroxyl groups is 3. The van der Waals surface area contributed by atoms with Gasteiger partial charge in [0.05, 0.1) is 31.5 Å². The second-order valence-corrected chi connectivity index (χ2v) is 3.65. The number of carboxylic acid groups (broad SMARTS) is 1. The Hall–Kier alpha value is -1.48. The van der Waals surface area contributed by atoms with Gasteiger partial charge in [-0.25, -0.2) is 4.79 Å². The van der Waals surface area contributed by atoms with E-state index in [1.165, 1.54) is 21.0 Å². The van der Waals surface area contributed by atoms with Gasteiger partial charge in [-0.05, 0) is 13.8 Å². The lowest BCUT2D eigenvalue weighted by Crippen LogP contribution is -2.14. The predicted octanol–water partition coefficient (Wildman–Crippen LogP) is -0.191. The predicted molar refractivity (Wildman–Crippen MR) is 77.8 cm³/mol. The van der Waals surface area contributed by atoms with Gasteiger partial charge in [0, 0.05) is 21.1 Å². The van der Waals surface area contributed by atoms with Gasteiger partial charge in [-0.2, -0.15) is 0 Å². The normalized spacial score (nSPS) is 10.9. The Morgan fingerprint density at radius 3 is 1.43 bits per heavy atom. The van der Waals surface area contributed by atoms with Crippen molar-refractivity contribution >= 4 is 11.9 Å². The number of esters is 1. The van der Waals surface area contributed by atoms with Crippen LogP contribution in [-0.2, 0) is 19.1 Å². The first-order chi connectivity index (χ1) is 9.51. The van der Waals surface area contributed by atoms with E-state index in [1.54, 1.807) is 14.2 Å². The molecule has 0 aliphatic heterocycles. The molecule has 128 valence electrons. The van der Waals surface area contributed by atoms with Crippen LogP contribution in [0.2, 0.25) is 0 Å². The van der Waals surface area contributed by atoms with Crippen LogP contribution in [0, 0.1) is 0 Å². The van der Waals surface area contributed by atoms with Gasteiger partial charge in [0.15, 0.2) is 0 Å². The lowest BCUT2D eigenvalue weighted by atomic mass is 10.2. The molecule has 0 spiro atoms. The van der Waals surface area contributed by atoms with E-state index in [0.717, 1.165) is 6.92 Å². The van der Waals surface area contributed by atoms with Gasteiger partial charge in [-0.3, -0.25) is 4.79 Å². The van der Waals surface area contributed by atoms with Gasteiger partial charge in [0.2, 0.25) is 0 Å². The van der Waals surface area contributed by atoms with Crippen LogP contribution in [0.4, 0.5) is 0 Å². The summed E-state index contributed by atoms with van der Waals surface area (Å²) in [6, 6.07) is 0. The van der Waals surface area contributed by atoms with Crippen molar-refractivity contribution in [1.29, 1.82) is 0 Å². The zero-order valence-corrected chi connectivity index (χ0v) is 13.5. The minimum atomic E-state index is -0.833. The lowest BCUT2D eigenvalue weighted by Gasteiger charge is -2.03. The third kappa shape index (κ3) is 45.7. The van der Waals surface area contributed by atoms with Crippen LogP contribution >= 0.6 is 0 Å². The highest BCUT2D eigenvalue weighted by Crippen LogP contribution is 1.98. The van der Waals surface area contributed by atoms with Crippen LogP contribution in [0.5, 0.6) is 0 Å². The highest BCUT2D eigenvalue weighted by atomic mass is 16.5. The molecule has 4 N–H and O–H groups in total. The smallest absolute Gasteiger partial charge is 0.335 e. The van der Waals surface area contributed by atoms with Gasteiger partial charge >= 0.3 is 5.97 Å². The number of ether oxygens (including phenoxy) is 2. The maximum Gasteiger partial charge on any atom is 0.335 e. The molecular weight excluding hydrogens is 284 g/mol. The number of carbonyl (C=O) groups is 2. The van der Waals surface area contributed by atoms with Crippen LogP contribution in [0.3, 0.4) is 0 Å². The molecule has 21 heavy (non-hydrogen) atoms. The van der Waals surface area contributed by atoms with Gasteiger partial charge in [-0.1, -0.05) is 6.58 Å². The Morgan fingerprint density at radius 1 is 1.14 bits per heavy atom. The van der Waals surface area contributed by atoms with E-state index in [1.807, 2.05) is 0 Å². The lowest BCUT2D eigenvalue weighted by molar-refractivity contribution is -0.137. The molecule has 0 aromatic carbocycles. The first-order valence-corrected chi connectivity index (χ1v) is 5.85. The summed E-state index contributed by atoms with van der Waals surface area (Å²) in [4.78, 5) is 19.5. The molecule has 2 unspecified atom stereocenters. The highest BCUT2D eigenvalue weighted by molar-refractivity contribution is 5.88. The number of carboxylic acids is 1. The highest BCUT2D eigenvalue weighted by Gasteiger charge is 2.10. The molecule has 0 bridgehead atoms. The fourth-order valence-electron chi connectivity index (χ4n) is 0.302. The van der Waals surface area contributed by atoms with Gasteiger partial charge in [0.25, 0.3) is 5.97 Å². The number of aliphatic carboxylic acids is 1. The monoisotopic (exact) mass is 312 g/mol. The van der Waals surface area contributed by atoms with Crippen molar-refractivity contribution in [2.45, 2.75) is 33.0 Å². The van der Waals surface area contributed by atoms with E-state index < -0.39 is 24.1 Å². The molecule has 0 aliphatic carbocycles. The van der Waals surface area contributed by atoms with E-state index in [4.69, 9.17) is 25.2 Å². The number of carbonyl (C=O) groups excluding carboxylic acids is 1. The van der Waals surface area contributed by atoms with Gasteiger partial charge < -0.3 is 29.9 Å². The summed E-state index contributed by atoms with van der Waals surface area (Å²) in [7, 11) is 4.50. The summed E-state index contributed by atoms with van der Waals surface area (Å²) >= 11 is 0. The van der Waals surface area contributed by atoms with Crippen molar-refractivity contribution in [3.63, 3.8) is 0 Å². The van der Waals surface area contributed by atoms with Gasteiger partial charge in [-0.15, -0.1) is 0 Å². The minimum Gasteiger partial charge on any atom is -0.481 e. The Morgan fingerprint density at radius 2 is 1.38 bits per heavy atom. The molecule has 0 aliphatic rings. The molecule has 0 amide bonds. The van der Waals surface area contributed by atoms with Crippen molar-refractivity contribution in [2.75, 3.05) is 27.9 Å². The van der Waals surface area contributed by atoms with E-state index in [9.17, 15) is 4.79 Å². The maximum atomic E-state index is 10.5. The van der Waals surface area contributed by atoms with E-state index in [0.29, 0.717) is 0 Å². The molecule has 0 aromatic rings. The Labute approximate surface area is 125 Å². The second kappa shape index (κ2) is 20.8. The first-order valence-electron chi connectivity index (χ1n) is 5.85. The summed E-state index contributed by atoms with van der Waals surface area (Å²) in [6.45, 7) is 7.23. The zero-order chi connectivity index (χ0) is 18.0. The molecule has 8 nitrogen and oxygen atoms in total. The Bertz CT molecular complexity index is 257. The van der Waals surface area contributed by atoms with E-state index in [-0.39, 0.29) is 12.2 Å². The third-order valence-electron chi connectivity index (χ3n) is 1.22. The van der Waals surface area contributed by atoms with Crippen LogP contribution in [-0.4, -0.2) is 72.5 Å². The SMILES string of the molecule is C=C(C(=O)OC)C(C)O.CC(=O)O.CC(O)CO.COC. The largest absolute Gasteiger partial charge is 0.481 e. The summed E-state index contributed by atoms with van der Waals surface area (Å²) in [5.74, 6) is -1.40. The third-order valence-corrected chi connectivity index (χ3v) is 1.22. The molecular formula is C13H28O8. The van der Waals surface area contributed by atoms with Crippen LogP contribution in [0.25, 0.3) is 0 Å². The number of hydrogen-bond donors (Lipinski definition) is 4. The number of methoxy groups -OCH3 is 2. The summed E-state index contributed by atoms with van der Waals surface area (Å²) in [6.07, 6.45) is -1.38. The van der Waals surface area contributed by atoms with Crippen molar-refractivity contribution in [3.8, 4) is 0 Å². The van der Waals surface area contributed by atoms with Crippen molar-refractivity contribution in [1.82, 2.24) is 0 Å². The summed E-state index contributed by atoms with van der Waals surface area (Å²) < 4.78 is 8.52. The topological polar surface area (TPSA) is 134 Å². The summed E-state index contributed by atoms with van der Waals surface area (Å²) in [5.41, 5.74) is 0.0810. The molecule has 0 fully saturated rings. The van der Waals surface area contributed by atoms with Crippen LogP contribution < -0.4 is 0 Å². The fourth-order valence-corrected chi connectivity index (χ4v) is 0.302. The minimum absolute atomic E-state index is 0.0810. The second-order valence-electron chi connectivity index (χ2n) is 3.65. The average Bonchev–Trinajstić information content (AvgIpc) is 2.37. The molecule has 0 saturated carbocycles. The fraction of sp³-hybridized carbons (Fsp3) is 0.692.